The van der Waals surface area contributed by atoms with Gasteiger partial charge in [0.05, 0.1) is 13.7 Å². The molecule has 1 aromatic heterocycles. The third-order valence-corrected chi connectivity index (χ3v) is 2.08. The molecule has 9 nitrogen and oxygen atoms in total. The molecule has 0 atom stereocenters. The van der Waals surface area contributed by atoms with Gasteiger partial charge in [-0.3, -0.25) is 5.32 Å². The third kappa shape index (κ3) is 4.95. The Morgan fingerprint density at radius 1 is 1.38 bits per heavy atom. The summed E-state index contributed by atoms with van der Waals surface area (Å²) in [5.41, 5.74) is -0.779. The molecule has 1 rings (SSSR count). The lowest BCUT2D eigenvalue weighted by Gasteiger charge is -2.19. The lowest BCUT2D eigenvalue weighted by Crippen LogP contribution is -2.27. The van der Waals surface area contributed by atoms with Gasteiger partial charge in [0, 0.05) is 0 Å². The summed E-state index contributed by atoms with van der Waals surface area (Å²) in [4.78, 5) is 23.4. The van der Waals surface area contributed by atoms with Gasteiger partial charge >= 0.3 is 12.1 Å². The highest BCUT2D eigenvalue weighted by Crippen LogP contribution is 2.24. The number of aromatic nitrogens is 2. The monoisotopic (exact) mass is 301 g/mol. The molecule has 0 unspecified atom stereocenters. The number of aromatic amines is 1. The van der Waals surface area contributed by atoms with Gasteiger partial charge in [-0.2, -0.15) is 5.10 Å². The van der Waals surface area contributed by atoms with Crippen molar-refractivity contribution in [2.75, 3.05) is 25.6 Å². The molecule has 0 fully saturated rings. The Labute approximate surface area is 121 Å². The number of amides is 1. The van der Waals surface area contributed by atoms with E-state index in [1.807, 2.05) is 0 Å². The number of rotatable bonds is 5. The van der Waals surface area contributed by atoms with Crippen LogP contribution in [0, 0.1) is 0 Å². The van der Waals surface area contributed by atoms with Crippen LogP contribution in [0.1, 0.15) is 31.1 Å². The molecule has 0 radical (unpaired) electrons. The molecule has 0 spiro atoms. The molecule has 0 aliphatic heterocycles. The summed E-state index contributed by atoms with van der Waals surface area (Å²) in [5, 5.41) is 17.3. The zero-order valence-electron chi connectivity index (χ0n) is 12.3. The summed E-state index contributed by atoms with van der Waals surface area (Å²) in [6.07, 6.45) is -0.770. The fraction of sp³-hybridized carbons (Fsp3) is 0.583. The van der Waals surface area contributed by atoms with Crippen molar-refractivity contribution in [1.82, 2.24) is 10.2 Å². The molecule has 1 amide bonds. The second-order valence-corrected chi connectivity index (χ2v) is 4.97. The Balaban J connectivity index is 2.93. The van der Waals surface area contributed by atoms with Gasteiger partial charge in [0.1, 0.15) is 12.2 Å². The number of H-pyrrole nitrogens is 1. The second-order valence-electron chi connectivity index (χ2n) is 4.97. The Bertz CT molecular complexity index is 506. The average molecular weight is 301 g/mol. The molecule has 0 aliphatic rings. The van der Waals surface area contributed by atoms with Crippen molar-refractivity contribution in [3.63, 3.8) is 0 Å². The molecule has 9 heteroatoms. The number of nitrogens with one attached hydrogen (secondary N) is 2. The first kappa shape index (κ1) is 16.8. The Kier molecular flexibility index (Phi) is 5.53. The fourth-order valence-corrected chi connectivity index (χ4v) is 1.36. The third-order valence-electron chi connectivity index (χ3n) is 2.08. The van der Waals surface area contributed by atoms with E-state index in [0.29, 0.717) is 0 Å². The maximum atomic E-state index is 11.7. The summed E-state index contributed by atoms with van der Waals surface area (Å²) in [5.74, 6) is -0.839. The topological polar surface area (TPSA) is 123 Å². The normalized spacial score (nSPS) is 10.9. The fourth-order valence-electron chi connectivity index (χ4n) is 1.36. The molecule has 1 aromatic rings. The highest BCUT2D eigenvalue weighted by molar-refractivity contribution is 6.00. The maximum absolute atomic E-state index is 11.7. The predicted octanol–water partition coefficient (Wildman–Crippen LogP) is 0.914. The lowest BCUT2D eigenvalue weighted by molar-refractivity contribution is 0.0595. The van der Waals surface area contributed by atoms with Crippen LogP contribution in [0.15, 0.2) is 0 Å². The first-order chi connectivity index (χ1) is 9.78. The molecule has 1 heterocycles. The van der Waals surface area contributed by atoms with Crippen LogP contribution < -0.4 is 10.1 Å². The van der Waals surface area contributed by atoms with Gasteiger partial charge < -0.3 is 19.3 Å². The Morgan fingerprint density at radius 2 is 2.05 bits per heavy atom. The maximum Gasteiger partial charge on any atom is 0.413 e. The number of ether oxygens (including phenoxy) is 3. The van der Waals surface area contributed by atoms with E-state index in [1.54, 1.807) is 20.8 Å². The number of anilines is 1. The minimum atomic E-state index is -0.770. The summed E-state index contributed by atoms with van der Waals surface area (Å²) in [7, 11) is 1.18. The number of nitrogens with zero attached hydrogens (tertiary/aromatic N) is 1. The molecule has 0 aliphatic carbocycles. The summed E-state index contributed by atoms with van der Waals surface area (Å²) < 4.78 is 14.8. The smallest absolute Gasteiger partial charge is 0.413 e. The van der Waals surface area contributed by atoms with Gasteiger partial charge in [-0.05, 0) is 20.8 Å². The predicted molar refractivity (Wildman–Crippen MR) is 72.4 cm³/mol. The van der Waals surface area contributed by atoms with Crippen molar-refractivity contribution in [1.29, 1.82) is 0 Å². The Hall–Kier alpha value is -2.29. The summed E-state index contributed by atoms with van der Waals surface area (Å²) >= 11 is 0. The molecule has 0 bridgehead atoms. The van der Waals surface area contributed by atoms with Crippen molar-refractivity contribution >= 4 is 17.9 Å². The van der Waals surface area contributed by atoms with Gasteiger partial charge in [-0.25, -0.2) is 14.7 Å². The highest BCUT2D eigenvalue weighted by Gasteiger charge is 2.26. The van der Waals surface area contributed by atoms with Crippen molar-refractivity contribution in [3.05, 3.63) is 5.56 Å². The minimum absolute atomic E-state index is 0.0121. The van der Waals surface area contributed by atoms with E-state index in [9.17, 15) is 9.59 Å². The van der Waals surface area contributed by atoms with Crippen molar-refractivity contribution in [3.8, 4) is 5.88 Å². The number of methoxy groups -OCH3 is 1. The molecule has 0 saturated heterocycles. The molecule has 0 saturated carbocycles. The van der Waals surface area contributed by atoms with Gasteiger partial charge in [0.2, 0.25) is 5.88 Å². The number of hydrogen-bond acceptors (Lipinski definition) is 7. The number of aliphatic hydroxyl groups excluding tert-OH is 1. The quantitative estimate of drug-likeness (QED) is 0.691. The number of esters is 1. The SMILES string of the molecule is COC(=O)c1c(NC(=O)OC(C)(C)C)n[nH]c1OCCO. The molecule has 0 aromatic carbocycles. The summed E-state index contributed by atoms with van der Waals surface area (Å²) in [6.45, 7) is 4.82. The molecule has 21 heavy (non-hydrogen) atoms. The van der Waals surface area contributed by atoms with Crippen molar-refractivity contribution in [2.24, 2.45) is 0 Å². The summed E-state index contributed by atoms with van der Waals surface area (Å²) in [6, 6.07) is 0. The lowest BCUT2D eigenvalue weighted by atomic mass is 10.2. The first-order valence-electron chi connectivity index (χ1n) is 6.19. The van der Waals surface area contributed by atoms with Gasteiger partial charge in [0.15, 0.2) is 11.4 Å². The van der Waals surface area contributed by atoms with E-state index in [0.717, 1.165) is 0 Å². The standard InChI is InChI=1S/C12H19N3O6/c1-12(2,3)21-11(18)13-8-7(10(17)19-4)9(15-14-8)20-6-5-16/h16H,5-6H2,1-4H3,(H2,13,14,15,18). The van der Waals surface area contributed by atoms with Crippen LogP contribution >= 0.6 is 0 Å². The van der Waals surface area contributed by atoms with Crippen LogP contribution in [0.25, 0.3) is 0 Å². The van der Waals surface area contributed by atoms with E-state index in [2.05, 4.69) is 20.3 Å². The molecular weight excluding hydrogens is 282 g/mol. The van der Waals surface area contributed by atoms with Crippen LogP contribution in [0.2, 0.25) is 0 Å². The number of carbonyl (C=O) groups is 2. The number of carbonyl (C=O) groups excluding carboxylic acids is 2. The van der Waals surface area contributed by atoms with E-state index >= 15 is 0 Å². The van der Waals surface area contributed by atoms with Gasteiger partial charge in [-0.1, -0.05) is 0 Å². The largest absolute Gasteiger partial charge is 0.475 e. The van der Waals surface area contributed by atoms with E-state index in [4.69, 9.17) is 14.6 Å². The van der Waals surface area contributed by atoms with Crippen molar-refractivity contribution in [2.45, 2.75) is 26.4 Å². The number of aliphatic hydroxyl groups is 1. The first-order valence-corrected chi connectivity index (χ1v) is 6.19. The number of hydrogen-bond donors (Lipinski definition) is 3. The van der Waals surface area contributed by atoms with Crippen LogP contribution in [0.5, 0.6) is 5.88 Å². The molecule has 3 N–H and O–H groups in total. The molecular formula is C12H19N3O6. The van der Waals surface area contributed by atoms with E-state index in [1.165, 1.54) is 7.11 Å². The van der Waals surface area contributed by atoms with Crippen LogP contribution in [-0.2, 0) is 9.47 Å². The molecule has 118 valence electrons. The average Bonchev–Trinajstić information content (AvgIpc) is 2.75. The zero-order chi connectivity index (χ0) is 16.0. The zero-order valence-corrected chi connectivity index (χ0v) is 12.3. The van der Waals surface area contributed by atoms with Crippen LogP contribution in [0.4, 0.5) is 10.6 Å². The Morgan fingerprint density at radius 3 is 2.57 bits per heavy atom. The second kappa shape index (κ2) is 6.93. The minimum Gasteiger partial charge on any atom is -0.475 e. The highest BCUT2D eigenvalue weighted by atomic mass is 16.6. The van der Waals surface area contributed by atoms with Gasteiger partial charge in [0.25, 0.3) is 0 Å². The van der Waals surface area contributed by atoms with E-state index in [-0.39, 0.29) is 30.5 Å². The van der Waals surface area contributed by atoms with Crippen LogP contribution in [-0.4, -0.2) is 53.3 Å². The van der Waals surface area contributed by atoms with Crippen LogP contribution in [0.3, 0.4) is 0 Å². The van der Waals surface area contributed by atoms with Gasteiger partial charge in [-0.15, -0.1) is 0 Å². The van der Waals surface area contributed by atoms with Crippen molar-refractivity contribution < 1.29 is 28.9 Å². The van der Waals surface area contributed by atoms with E-state index < -0.39 is 17.7 Å².